The van der Waals surface area contributed by atoms with Gasteiger partial charge in [-0.05, 0) is 43.8 Å². The number of hydrogen-bond donors (Lipinski definition) is 0. The molecule has 0 aliphatic carbocycles. The van der Waals surface area contributed by atoms with E-state index in [4.69, 9.17) is 4.42 Å². The standard InChI is InChI=1S/C20H20N4OS2/c1-4-24-18(17-6-5-9-26-17)22-23-20(24)27-12-15-11-25-19(21-15)16-8-7-13(2)10-14(16)3/h5-11H,4,12H2,1-3H3. The van der Waals surface area contributed by atoms with Crippen molar-refractivity contribution in [2.75, 3.05) is 0 Å². The fourth-order valence-corrected chi connectivity index (χ4v) is 4.55. The zero-order valence-electron chi connectivity index (χ0n) is 15.5. The summed E-state index contributed by atoms with van der Waals surface area (Å²) in [5.41, 5.74) is 4.34. The van der Waals surface area contributed by atoms with E-state index in [1.165, 1.54) is 11.1 Å². The molecule has 0 N–H and O–H groups in total. The van der Waals surface area contributed by atoms with Gasteiger partial charge in [-0.3, -0.25) is 0 Å². The first-order chi connectivity index (χ1) is 13.2. The topological polar surface area (TPSA) is 56.7 Å². The van der Waals surface area contributed by atoms with E-state index in [-0.39, 0.29) is 0 Å². The summed E-state index contributed by atoms with van der Waals surface area (Å²) in [5, 5.41) is 11.7. The normalized spacial score (nSPS) is 11.2. The van der Waals surface area contributed by atoms with Crippen LogP contribution in [0.25, 0.3) is 22.2 Å². The van der Waals surface area contributed by atoms with Gasteiger partial charge < -0.3 is 8.98 Å². The van der Waals surface area contributed by atoms with E-state index < -0.39 is 0 Å². The van der Waals surface area contributed by atoms with Gasteiger partial charge in [-0.25, -0.2) is 4.98 Å². The van der Waals surface area contributed by atoms with E-state index in [9.17, 15) is 0 Å². The zero-order valence-corrected chi connectivity index (χ0v) is 17.1. The van der Waals surface area contributed by atoms with Crippen LogP contribution in [0.4, 0.5) is 0 Å². The molecule has 0 aliphatic rings. The molecule has 0 unspecified atom stereocenters. The minimum Gasteiger partial charge on any atom is -0.444 e. The van der Waals surface area contributed by atoms with E-state index in [2.05, 4.69) is 70.2 Å². The SMILES string of the molecule is CCn1c(SCc2coc(-c3ccc(C)cc3C)n2)nnc1-c1cccs1. The number of nitrogens with zero attached hydrogens (tertiary/aromatic N) is 4. The average Bonchev–Trinajstić information content (AvgIpc) is 3.39. The molecule has 0 fully saturated rings. The predicted molar refractivity (Wildman–Crippen MR) is 110 cm³/mol. The third kappa shape index (κ3) is 3.70. The Balaban J connectivity index is 1.51. The van der Waals surface area contributed by atoms with Crippen molar-refractivity contribution in [3.63, 3.8) is 0 Å². The molecular formula is C20H20N4OS2. The summed E-state index contributed by atoms with van der Waals surface area (Å²) in [5.74, 6) is 2.28. The molecule has 0 saturated heterocycles. The molecule has 27 heavy (non-hydrogen) atoms. The van der Waals surface area contributed by atoms with Crippen molar-refractivity contribution < 1.29 is 4.42 Å². The maximum atomic E-state index is 5.71. The quantitative estimate of drug-likeness (QED) is 0.398. The number of hydrogen-bond acceptors (Lipinski definition) is 6. The molecule has 0 bridgehead atoms. The summed E-state index contributed by atoms with van der Waals surface area (Å²) in [4.78, 5) is 5.79. The Kier molecular flexibility index (Phi) is 5.13. The molecule has 3 aromatic heterocycles. The van der Waals surface area contributed by atoms with Crippen LogP contribution in [-0.4, -0.2) is 19.7 Å². The Morgan fingerprint density at radius 1 is 1.19 bits per heavy atom. The van der Waals surface area contributed by atoms with Crippen molar-refractivity contribution >= 4 is 23.1 Å². The molecule has 0 radical (unpaired) electrons. The second-order valence-corrected chi connectivity index (χ2v) is 8.17. The Bertz CT molecular complexity index is 1050. The third-order valence-electron chi connectivity index (χ3n) is 4.29. The number of thioether (sulfide) groups is 1. The van der Waals surface area contributed by atoms with Crippen LogP contribution in [-0.2, 0) is 12.3 Å². The molecule has 3 heterocycles. The second kappa shape index (κ2) is 7.70. The Labute approximate surface area is 166 Å². The highest BCUT2D eigenvalue weighted by Gasteiger charge is 2.15. The second-order valence-electron chi connectivity index (χ2n) is 6.28. The molecule has 0 atom stereocenters. The van der Waals surface area contributed by atoms with Crippen LogP contribution in [0.15, 0.2) is 51.5 Å². The van der Waals surface area contributed by atoms with E-state index in [1.54, 1.807) is 29.4 Å². The molecule has 5 nitrogen and oxygen atoms in total. The summed E-state index contributed by atoms with van der Waals surface area (Å²) >= 11 is 3.31. The largest absolute Gasteiger partial charge is 0.444 e. The third-order valence-corrected chi connectivity index (χ3v) is 6.15. The number of rotatable bonds is 6. The summed E-state index contributed by atoms with van der Waals surface area (Å²) in [6.45, 7) is 7.10. The lowest BCUT2D eigenvalue weighted by Gasteiger charge is -2.05. The highest BCUT2D eigenvalue weighted by atomic mass is 32.2. The van der Waals surface area contributed by atoms with Gasteiger partial charge in [0.05, 0.1) is 10.6 Å². The van der Waals surface area contributed by atoms with Crippen LogP contribution in [0.3, 0.4) is 0 Å². The van der Waals surface area contributed by atoms with Gasteiger partial charge in [-0.2, -0.15) is 0 Å². The van der Waals surface area contributed by atoms with Gasteiger partial charge in [0.2, 0.25) is 5.89 Å². The molecule has 0 aliphatic heterocycles. The van der Waals surface area contributed by atoms with Gasteiger partial charge in [0, 0.05) is 17.9 Å². The Hall–Kier alpha value is -2.38. The Morgan fingerprint density at radius 2 is 2.07 bits per heavy atom. The lowest BCUT2D eigenvalue weighted by atomic mass is 10.1. The smallest absolute Gasteiger partial charge is 0.226 e. The van der Waals surface area contributed by atoms with Gasteiger partial charge >= 0.3 is 0 Å². The van der Waals surface area contributed by atoms with Gasteiger partial charge in [0.25, 0.3) is 0 Å². The molecule has 138 valence electrons. The van der Waals surface area contributed by atoms with E-state index in [1.807, 2.05) is 6.07 Å². The zero-order chi connectivity index (χ0) is 18.8. The first-order valence-electron chi connectivity index (χ1n) is 8.77. The van der Waals surface area contributed by atoms with Crippen LogP contribution in [0.5, 0.6) is 0 Å². The maximum absolute atomic E-state index is 5.71. The summed E-state index contributed by atoms with van der Waals surface area (Å²) in [6, 6.07) is 10.4. The molecule has 0 spiro atoms. The lowest BCUT2D eigenvalue weighted by molar-refractivity contribution is 0.573. The number of thiophene rings is 1. The van der Waals surface area contributed by atoms with Crippen LogP contribution in [0.1, 0.15) is 23.7 Å². The van der Waals surface area contributed by atoms with Crippen molar-refractivity contribution in [3.05, 3.63) is 58.8 Å². The molecule has 0 saturated carbocycles. The minimum absolute atomic E-state index is 0.666. The molecule has 4 rings (SSSR count). The van der Waals surface area contributed by atoms with Crippen molar-refractivity contribution in [1.82, 2.24) is 19.7 Å². The number of oxazole rings is 1. The van der Waals surface area contributed by atoms with Crippen molar-refractivity contribution in [2.24, 2.45) is 0 Å². The summed E-state index contributed by atoms with van der Waals surface area (Å²) < 4.78 is 7.86. The number of aryl methyl sites for hydroxylation is 2. The first-order valence-corrected chi connectivity index (χ1v) is 10.6. The monoisotopic (exact) mass is 396 g/mol. The summed E-state index contributed by atoms with van der Waals surface area (Å²) in [6.07, 6.45) is 1.73. The minimum atomic E-state index is 0.666. The molecular weight excluding hydrogens is 376 g/mol. The maximum Gasteiger partial charge on any atom is 0.226 e. The fraction of sp³-hybridized carbons (Fsp3) is 0.250. The van der Waals surface area contributed by atoms with Crippen LogP contribution >= 0.6 is 23.1 Å². The van der Waals surface area contributed by atoms with Crippen molar-refractivity contribution in [1.29, 1.82) is 0 Å². The van der Waals surface area contributed by atoms with E-state index in [0.29, 0.717) is 11.6 Å². The van der Waals surface area contributed by atoms with Gasteiger partial charge in [0.15, 0.2) is 11.0 Å². The highest BCUT2D eigenvalue weighted by Crippen LogP contribution is 2.30. The average molecular weight is 397 g/mol. The predicted octanol–water partition coefficient (Wildman–Crippen LogP) is 5.59. The highest BCUT2D eigenvalue weighted by molar-refractivity contribution is 7.98. The first kappa shape index (κ1) is 18.0. The molecule has 4 aromatic rings. The molecule has 7 heteroatoms. The Morgan fingerprint density at radius 3 is 2.81 bits per heavy atom. The molecule has 1 aromatic carbocycles. The lowest BCUT2D eigenvalue weighted by Crippen LogP contribution is -1.99. The van der Waals surface area contributed by atoms with Crippen molar-refractivity contribution in [2.45, 2.75) is 38.2 Å². The van der Waals surface area contributed by atoms with Crippen LogP contribution < -0.4 is 0 Å². The fourth-order valence-electron chi connectivity index (χ4n) is 2.96. The van der Waals surface area contributed by atoms with E-state index in [0.717, 1.165) is 33.7 Å². The van der Waals surface area contributed by atoms with Gasteiger partial charge in [-0.1, -0.05) is 35.5 Å². The van der Waals surface area contributed by atoms with Crippen molar-refractivity contribution in [3.8, 4) is 22.2 Å². The number of benzene rings is 1. The van der Waals surface area contributed by atoms with Crippen LogP contribution in [0.2, 0.25) is 0 Å². The molecule has 0 amide bonds. The van der Waals surface area contributed by atoms with E-state index >= 15 is 0 Å². The van der Waals surface area contributed by atoms with Gasteiger partial charge in [-0.15, -0.1) is 21.5 Å². The van der Waals surface area contributed by atoms with Gasteiger partial charge in [0.1, 0.15) is 6.26 Å². The van der Waals surface area contributed by atoms with Crippen LogP contribution in [0, 0.1) is 13.8 Å². The summed E-state index contributed by atoms with van der Waals surface area (Å²) in [7, 11) is 0. The number of aromatic nitrogens is 4.